The maximum Gasteiger partial charge on any atom is 0.331 e. The minimum atomic E-state index is -1.10. The molecule has 1 aromatic rings. The van der Waals surface area contributed by atoms with E-state index in [0.717, 1.165) is 13.1 Å². The highest BCUT2D eigenvalue weighted by Gasteiger charge is 2.27. The third-order valence-electron chi connectivity index (χ3n) is 3.36. The van der Waals surface area contributed by atoms with Crippen LogP contribution in [-0.4, -0.2) is 69.9 Å². The van der Waals surface area contributed by atoms with E-state index in [0.29, 0.717) is 18.7 Å². The Hall–Kier alpha value is -2.09. The fraction of sp³-hybridized carbons (Fsp3) is 0.583. The molecule has 0 aromatic carbocycles. The van der Waals surface area contributed by atoms with Gasteiger partial charge in [0.1, 0.15) is 0 Å². The van der Waals surface area contributed by atoms with Gasteiger partial charge in [-0.2, -0.15) is 5.10 Å². The molecule has 1 unspecified atom stereocenters. The molecule has 0 spiro atoms. The quantitative estimate of drug-likeness (QED) is 0.779. The van der Waals surface area contributed by atoms with Crippen molar-refractivity contribution in [3.05, 3.63) is 18.0 Å². The number of aromatic nitrogens is 2. The van der Waals surface area contributed by atoms with Crippen molar-refractivity contribution in [1.82, 2.24) is 24.9 Å². The number of amides is 2. The van der Waals surface area contributed by atoms with Gasteiger partial charge in [-0.15, -0.1) is 0 Å². The van der Waals surface area contributed by atoms with Crippen LogP contribution in [0.5, 0.6) is 0 Å². The first-order valence-corrected chi connectivity index (χ1v) is 6.42. The minimum Gasteiger partial charge on any atom is -0.479 e. The van der Waals surface area contributed by atoms with Crippen LogP contribution in [0.3, 0.4) is 0 Å². The van der Waals surface area contributed by atoms with Gasteiger partial charge < -0.3 is 20.2 Å². The van der Waals surface area contributed by atoms with Gasteiger partial charge in [0.05, 0.1) is 6.20 Å². The third kappa shape index (κ3) is 3.27. The number of piperazine rings is 1. The van der Waals surface area contributed by atoms with Crippen LogP contribution in [0.15, 0.2) is 12.4 Å². The van der Waals surface area contributed by atoms with Crippen molar-refractivity contribution >= 4 is 12.0 Å². The highest BCUT2D eigenvalue weighted by Crippen LogP contribution is 2.13. The summed E-state index contributed by atoms with van der Waals surface area (Å²) < 4.78 is 1.51. The normalized spacial score (nSPS) is 17.8. The number of aliphatic carboxylic acids is 1. The van der Waals surface area contributed by atoms with Crippen LogP contribution < -0.4 is 5.32 Å². The van der Waals surface area contributed by atoms with Crippen molar-refractivity contribution in [2.75, 3.05) is 33.2 Å². The summed E-state index contributed by atoms with van der Waals surface area (Å²) in [5.41, 5.74) is 0.461. The number of likely N-dealkylation sites (N-methyl/N-ethyl adjacent to an activating group) is 1. The molecular formula is C12H19N5O3. The Morgan fingerprint density at radius 2 is 1.95 bits per heavy atom. The van der Waals surface area contributed by atoms with Crippen molar-refractivity contribution in [3.8, 4) is 0 Å². The van der Waals surface area contributed by atoms with E-state index < -0.39 is 12.0 Å². The second kappa shape index (κ2) is 5.91. The molecule has 110 valence electrons. The molecule has 1 aromatic heterocycles. The van der Waals surface area contributed by atoms with E-state index in [1.54, 1.807) is 18.1 Å². The smallest absolute Gasteiger partial charge is 0.331 e. The van der Waals surface area contributed by atoms with E-state index in [-0.39, 0.29) is 6.03 Å². The first kappa shape index (κ1) is 14.3. The lowest BCUT2D eigenvalue weighted by Gasteiger charge is -2.33. The van der Waals surface area contributed by atoms with Crippen molar-refractivity contribution in [3.63, 3.8) is 0 Å². The standard InChI is InChI=1S/C12H19N5O3/c1-15-3-5-17(6-4-15)12(20)14-10(11(18)19)9-7-13-16(2)8-9/h7-8,10H,3-6H2,1-2H3,(H,14,20)(H,18,19). The highest BCUT2D eigenvalue weighted by molar-refractivity contribution is 5.83. The Morgan fingerprint density at radius 1 is 1.30 bits per heavy atom. The number of carbonyl (C=O) groups is 2. The SMILES string of the molecule is CN1CCN(C(=O)NC(C(=O)O)c2cnn(C)c2)CC1. The Balaban J connectivity index is 2.01. The van der Waals surface area contributed by atoms with E-state index in [1.165, 1.54) is 10.9 Å². The summed E-state index contributed by atoms with van der Waals surface area (Å²) in [6.07, 6.45) is 3.03. The monoisotopic (exact) mass is 281 g/mol. The van der Waals surface area contributed by atoms with Gasteiger partial charge in [-0.1, -0.05) is 0 Å². The molecule has 8 heteroatoms. The number of aryl methyl sites for hydroxylation is 1. The maximum absolute atomic E-state index is 12.1. The molecule has 1 aliphatic rings. The van der Waals surface area contributed by atoms with Gasteiger partial charge in [-0.05, 0) is 7.05 Å². The molecule has 20 heavy (non-hydrogen) atoms. The second-order valence-electron chi connectivity index (χ2n) is 4.96. The molecule has 2 amide bonds. The molecule has 1 fully saturated rings. The number of hydrogen-bond donors (Lipinski definition) is 2. The van der Waals surface area contributed by atoms with Gasteiger partial charge in [0.15, 0.2) is 6.04 Å². The lowest BCUT2D eigenvalue weighted by Crippen LogP contribution is -2.51. The van der Waals surface area contributed by atoms with Crippen molar-refractivity contribution in [2.24, 2.45) is 7.05 Å². The summed E-state index contributed by atoms with van der Waals surface area (Å²) in [5, 5.41) is 15.7. The fourth-order valence-corrected chi connectivity index (χ4v) is 2.10. The molecule has 1 atom stereocenters. The summed E-state index contributed by atoms with van der Waals surface area (Å²) in [6, 6.07) is -1.43. The van der Waals surface area contributed by atoms with Crippen molar-refractivity contribution in [1.29, 1.82) is 0 Å². The summed E-state index contributed by atoms with van der Waals surface area (Å²) in [4.78, 5) is 27.2. The average Bonchev–Trinajstić information content (AvgIpc) is 2.82. The molecule has 0 radical (unpaired) electrons. The summed E-state index contributed by atoms with van der Waals surface area (Å²) >= 11 is 0. The summed E-state index contributed by atoms with van der Waals surface area (Å²) in [6.45, 7) is 2.78. The van der Waals surface area contributed by atoms with Crippen molar-refractivity contribution in [2.45, 2.75) is 6.04 Å². The zero-order valence-corrected chi connectivity index (χ0v) is 11.6. The Labute approximate surface area is 117 Å². The van der Waals surface area contributed by atoms with Crippen LogP contribution in [0.4, 0.5) is 4.79 Å². The lowest BCUT2D eigenvalue weighted by molar-refractivity contribution is -0.139. The van der Waals surface area contributed by atoms with Gasteiger partial charge in [0.2, 0.25) is 0 Å². The molecule has 8 nitrogen and oxygen atoms in total. The molecule has 2 heterocycles. The van der Waals surface area contributed by atoms with Crippen LogP contribution >= 0.6 is 0 Å². The van der Waals surface area contributed by atoms with Gasteiger partial charge in [0.25, 0.3) is 0 Å². The number of hydrogen-bond acceptors (Lipinski definition) is 4. The van der Waals surface area contributed by atoms with Crippen LogP contribution in [0.25, 0.3) is 0 Å². The van der Waals surface area contributed by atoms with Crippen LogP contribution in [-0.2, 0) is 11.8 Å². The number of carboxylic acids is 1. The Morgan fingerprint density at radius 3 is 2.45 bits per heavy atom. The highest BCUT2D eigenvalue weighted by atomic mass is 16.4. The first-order valence-electron chi connectivity index (χ1n) is 6.42. The van der Waals surface area contributed by atoms with Gasteiger partial charge in [-0.25, -0.2) is 9.59 Å². The van der Waals surface area contributed by atoms with E-state index in [4.69, 9.17) is 0 Å². The topological polar surface area (TPSA) is 90.7 Å². The fourth-order valence-electron chi connectivity index (χ4n) is 2.10. The first-order chi connectivity index (χ1) is 9.47. The van der Waals surface area contributed by atoms with E-state index in [2.05, 4.69) is 15.3 Å². The third-order valence-corrected chi connectivity index (χ3v) is 3.36. The summed E-state index contributed by atoms with van der Waals surface area (Å²) in [5.74, 6) is -1.10. The van der Waals surface area contributed by atoms with Gasteiger partial charge in [0, 0.05) is 45.0 Å². The molecule has 1 saturated heterocycles. The molecule has 2 N–H and O–H groups in total. The zero-order valence-electron chi connectivity index (χ0n) is 11.6. The van der Waals surface area contributed by atoms with Gasteiger partial charge in [-0.3, -0.25) is 4.68 Å². The number of urea groups is 1. The van der Waals surface area contributed by atoms with E-state index in [9.17, 15) is 14.7 Å². The molecule has 2 rings (SSSR count). The number of nitrogens with one attached hydrogen (secondary N) is 1. The number of rotatable bonds is 3. The zero-order chi connectivity index (χ0) is 14.7. The average molecular weight is 281 g/mol. The lowest BCUT2D eigenvalue weighted by atomic mass is 10.1. The molecular weight excluding hydrogens is 262 g/mol. The maximum atomic E-state index is 12.1. The summed E-state index contributed by atoms with van der Waals surface area (Å²) in [7, 11) is 3.69. The number of carbonyl (C=O) groups excluding carboxylic acids is 1. The minimum absolute atomic E-state index is 0.352. The predicted octanol–water partition coefficient (Wildman–Crippen LogP) is -0.497. The van der Waals surface area contributed by atoms with Gasteiger partial charge >= 0.3 is 12.0 Å². The predicted molar refractivity (Wildman–Crippen MR) is 71.2 cm³/mol. The van der Waals surface area contributed by atoms with Crippen LogP contribution in [0.1, 0.15) is 11.6 Å². The van der Waals surface area contributed by atoms with E-state index in [1.807, 2.05) is 7.05 Å². The Kier molecular flexibility index (Phi) is 4.23. The molecule has 0 bridgehead atoms. The molecule has 0 saturated carbocycles. The molecule has 1 aliphatic heterocycles. The van der Waals surface area contributed by atoms with Crippen molar-refractivity contribution < 1.29 is 14.7 Å². The number of nitrogens with zero attached hydrogens (tertiary/aromatic N) is 4. The second-order valence-corrected chi connectivity index (χ2v) is 4.96. The largest absolute Gasteiger partial charge is 0.479 e. The number of carboxylic acid groups (broad SMARTS) is 1. The Bertz CT molecular complexity index is 493. The van der Waals surface area contributed by atoms with Crippen LogP contribution in [0.2, 0.25) is 0 Å². The van der Waals surface area contributed by atoms with Crippen LogP contribution in [0, 0.1) is 0 Å². The van der Waals surface area contributed by atoms with E-state index >= 15 is 0 Å². The molecule has 0 aliphatic carbocycles.